The molecule has 1 heterocycles. The molecule has 3 N–H and O–H groups in total. The van der Waals surface area contributed by atoms with Crippen LogP contribution in [0.1, 0.15) is 55.5 Å². The number of carbonyl (C=O) groups is 1. The van der Waals surface area contributed by atoms with Crippen LogP contribution in [-0.2, 0) is 6.54 Å². The van der Waals surface area contributed by atoms with E-state index in [-0.39, 0.29) is 11.4 Å². The lowest BCUT2D eigenvalue weighted by Gasteiger charge is -2.18. The molecule has 0 fully saturated rings. The zero-order chi connectivity index (χ0) is 15.3. The summed E-state index contributed by atoms with van der Waals surface area (Å²) >= 11 is 0. The van der Waals surface area contributed by atoms with Crippen LogP contribution >= 0.6 is 0 Å². The van der Waals surface area contributed by atoms with Gasteiger partial charge >= 0.3 is 0 Å². The topological polar surface area (TPSA) is 85.3 Å². The molecule has 0 spiro atoms. The second kappa shape index (κ2) is 7.12. The van der Waals surface area contributed by atoms with E-state index in [2.05, 4.69) is 13.8 Å². The molecule has 112 valence electrons. The number of pyridine rings is 1. The third-order valence-corrected chi connectivity index (χ3v) is 3.71. The largest absolute Gasteiger partial charge is 0.494 e. The van der Waals surface area contributed by atoms with Crippen molar-refractivity contribution in [3.05, 3.63) is 27.5 Å². The van der Waals surface area contributed by atoms with Crippen molar-refractivity contribution in [3.8, 4) is 5.88 Å². The van der Waals surface area contributed by atoms with E-state index < -0.39 is 11.5 Å². The number of aromatic nitrogens is 1. The van der Waals surface area contributed by atoms with Crippen molar-refractivity contribution in [1.82, 2.24) is 4.57 Å². The molecule has 0 aliphatic heterocycles. The molecule has 1 rings (SSSR count). The van der Waals surface area contributed by atoms with Crippen molar-refractivity contribution < 1.29 is 9.90 Å². The Morgan fingerprint density at radius 1 is 1.45 bits per heavy atom. The highest BCUT2D eigenvalue weighted by Crippen LogP contribution is 2.19. The maximum atomic E-state index is 12.3. The Balaban J connectivity index is 3.15. The molecule has 5 heteroatoms. The number of aromatic hydroxyl groups is 1. The fourth-order valence-electron chi connectivity index (χ4n) is 2.40. The number of amides is 1. The smallest absolute Gasteiger partial charge is 0.266 e. The van der Waals surface area contributed by atoms with Gasteiger partial charge in [-0.25, -0.2) is 0 Å². The first-order valence-corrected chi connectivity index (χ1v) is 7.15. The van der Waals surface area contributed by atoms with Crippen LogP contribution in [0, 0.1) is 12.8 Å². The Labute approximate surface area is 119 Å². The Bertz CT molecular complexity index is 535. The normalized spacial score (nSPS) is 12.3. The van der Waals surface area contributed by atoms with E-state index in [9.17, 15) is 14.7 Å². The molecular formula is C15H24N2O3. The van der Waals surface area contributed by atoms with Gasteiger partial charge < -0.3 is 10.8 Å². The molecule has 0 radical (unpaired) electrons. The Kier molecular flexibility index (Phi) is 5.80. The first-order valence-electron chi connectivity index (χ1n) is 7.15. The molecule has 0 aliphatic rings. The fourth-order valence-corrected chi connectivity index (χ4v) is 2.40. The summed E-state index contributed by atoms with van der Waals surface area (Å²) < 4.78 is 1.26. The molecule has 5 nitrogen and oxygen atoms in total. The third kappa shape index (κ3) is 3.62. The van der Waals surface area contributed by atoms with Crippen LogP contribution < -0.4 is 11.3 Å². The van der Waals surface area contributed by atoms with Gasteiger partial charge in [0.25, 0.3) is 11.5 Å². The van der Waals surface area contributed by atoms with Crippen molar-refractivity contribution in [2.45, 2.75) is 53.0 Å². The standard InChI is InChI=1S/C15H24N2O3/c1-4-6-7-11(5-2)9-17-12(18)8-10(3)13(14(16)19)15(17)20/h8,11,18H,4-7,9H2,1-3H3,(H2,16,19). The monoisotopic (exact) mass is 280 g/mol. The summed E-state index contributed by atoms with van der Waals surface area (Å²) in [6.07, 6.45) is 4.10. The quantitative estimate of drug-likeness (QED) is 0.802. The van der Waals surface area contributed by atoms with Gasteiger partial charge in [0.2, 0.25) is 0 Å². The Hall–Kier alpha value is -1.78. The van der Waals surface area contributed by atoms with Crippen LogP contribution in [-0.4, -0.2) is 15.6 Å². The highest BCUT2D eigenvalue weighted by molar-refractivity contribution is 5.93. The van der Waals surface area contributed by atoms with Gasteiger partial charge in [0.1, 0.15) is 5.56 Å². The molecule has 1 atom stereocenters. The molecule has 1 aromatic rings. The van der Waals surface area contributed by atoms with E-state index in [4.69, 9.17) is 5.73 Å². The van der Waals surface area contributed by atoms with E-state index in [1.54, 1.807) is 6.92 Å². The maximum absolute atomic E-state index is 12.3. The molecular weight excluding hydrogens is 256 g/mol. The number of hydrogen-bond acceptors (Lipinski definition) is 3. The number of nitrogens with two attached hydrogens (primary N) is 1. The zero-order valence-corrected chi connectivity index (χ0v) is 12.5. The van der Waals surface area contributed by atoms with E-state index in [1.165, 1.54) is 10.6 Å². The van der Waals surface area contributed by atoms with Crippen LogP contribution in [0.25, 0.3) is 0 Å². The second-order valence-electron chi connectivity index (χ2n) is 5.26. The first-order chi connectivity index (χ1) is 9.42. The van der Waals surface area contributed by atoms with Gasteiger partial charge in [-0.15, -0.1) is 0 Å². The average Bonchev–Trinajstić information content (AvgIpc) is 2.37. The van der Waals surface area contributed by atoms with Gasteiger partial charge in [0.05, 0.1) is 0 Å². The van der Waals surface area contributed by atoms with Gasteiger partial charge in [-0.3, -0.25) is 14.2 Å². The summed E-state index contributed by atoms with van der Waals surface area (Å²) in [4.78, 5) is 23.6. The first kappa shape index (κ1) is 16.3. The number of nitrogens with zero attached hydrogens (tertiary/aromatic N) is 1. The summed E-state index contributed by atoms with van der Waals surface area (Å²) in [6, 6.07) is 1.42. The average molecular weight is 280 g/mol. The van der Waals surface area contributed by atoms with Crippen LogP contribution in [0.15, 0.2) is 10.9 Å². The van der Waals surface area contributed by atoms with Gasteiger partial charge in [0.15, 0.2) is 5.88 Å². The van der Waals surface area contributed by atoms with Gasteiger partial charge in [-0.1, -0.05) is 33.1 Å². The van der Waals surface area contributed by atoms with Crippen molar-refractivity contribution in [3.63, 3.8) is 0 Å². The van der Waals surface area contributed by atoms with Crippen LogP contribution in [0.2, 0.25) is 0 Å². The van der Waals surface area contributed by atoms with Gasteiger partial charge in [-0.05, 0) is 24.8 Å². The van der Waals surface area contributed by atoms with E-state index in [0.29, 0.717) is 18.0 Å². The van der Waals surface area contributed by atoms with E-state index in [0.717, 1.165) is 25.7 Å². The number of unbranched alkanes of at least 4 members (excludes halogenated alkanes) is 1. The van der Waals surface area contributed by atoms with Crippen molar-refractivity contribution in [1.29, 1.82) is 0 Å². The van der Waals surface area contributed by atoms with Crippen LogP contribution in [0.3, 0.4) is 0 Å². The minimum absolute atomic E-state index is 0.0341. The lowest BCUT2D eigenvalue weighted by molar-refractivity contribution is 0.0997. The Morgan fingerprint density at radius 2 is 2.10 bits per heavy atom. The minimum atomic E-state index is -0.747. The number of primary amides is 1. The fraction of sp³-hybridized carbons (Fsp3) is 0.600. The predicted molar refractivity (Wildman–Crippen MR) is 78.9 cm³/mol. The van der Waals surface area contributed by atoms with Crippen LogP contribution in [0.4, 0.5) is 0 Å². The summed E-state index contributed by atoms with van der Waals surface area (Å²) in [5.41, 5.74) is 5.13. The van der Waals surface area contributed by atoms with Gasteiger partial charge in [-0.2, -0.15) is 0 Å². The summed E-state index contributed by atoms with van der Waals surface area (Å²) in [6.45, 7) is 6.20. The van der Waals surface area contributed by atoms with Gasteiger partial charge in [0, 0.05) is 12.6 Å². The molecule has 0 aromatic carbocycles. The molecule has 0 saturated heterocycles. The van der Waals surface area contributed by atoms with Crippen molar-refractivity contribution in [2.24, 2.45) is 11.7 Å². The third-order valence-electron chi connectivity index (χ3n) is 3.71. The summed E-state index contributed by atoms with van der Waals surface area (Å²) in [5.74, 6) is -0.544. The summed E-state index contributed by atoms with van der Waals surface area (Å²) in [7, 11) is 0. The number of rotatable bonds is 7. The van der Waals surface area contributed by atoms with Crippen LogP contribution in [0.5, 0.6) is 5.88 Å². The number of carbonyl (C=O) groups excluding carboxylic acids is 1. The van der Waals surface area contributed by atoms with Crippen molar-refractivity contribution in [2.75, 3.05) is 0 Å². The molecule has 0 aliphatic carbocycles. The zero-order valence-electron chi connectivity index (χ0n) is 12.5. The lowest BCUT2D eigenvalue weighted by atomic mass is 9.99. The maximum Gasteiger partial charge on any atom is 0.266 e. The van der Waals surface area contributed by atoms with Crippen molar-refractivity contribution >= 4 is 5.91 Å². The highest BCUT2D eigenvalue weighted by atomic mass is 16.3. The lowest BCUT2D eigenvalue weighted by Crippen LogP contribution is -2.32. The molecule has 1 aromatic heterocycles. The SMILES string of the molecule is CCCCC(CC)Cn1c(O)cc(C)c(C(N)=O)c1=O. The summed E-state index contributed by atoms with van der Waals surface area (Å²) in [5, 5.41) is 9.96. The number of hydrogen-bond donors (Lipinski definition) is 2. The molecule has 1 unspecified atom stereocenters. The minimum Gasteiger partial charge on any atom is -0.494 e. The predicted octanol–water partition coefficient (Wildman–Crippen LogP) is 2.18. The molecule has 1 amide bonds. The van der Waals surface area contributed by atoms with E-state index >= 15 is 0 Å². The number of aryl methyl sites for hydroxylation is 1. The Morgan fingerprint density at radius 3 is 2.60 bits per heavy atom. The second-order valence-corrected chi connectivity index (χ2v) is 5.26. The highest BCUT2D eigenvalue weighted by Gasteiger charge is 2.18. The van der Waals surface area contributed by atoms with E-state index in [1.807, 2.05) is 0 Å². The molecule has 0 saturated carbocycles. The molecule has 20 heavy (non-hydrogen) atoms. The molecule has 0 bridgehead atoms.